The molecule has 4 rings (SSSR count). The van der Waals surface area contributed by atoms with E-state index in [-0.39, 0.29) is 22.2 Å². The van der Waals surface area contributed by atoms with Crippen LogP contribution in [0.3, 0.4) is 0 Å². The highest BCUT2D eigenvalue weighted by Crippen LogP contribution is 2.56. The fraction of sp³-hybridized carbons (Fsp3) is 0.158. The van der Waals surface area contributed by atoms with Gasteiger partial charge in [-0.3, -0.25) is 0 Å². The third-order valence-corrected chi connectivity index (χ3v) is 4.58. The predicted octanol–water partition coefficient (Wildman–Crippen LogP) is 4.71. The first-order valence-corrected chi connectivity index (χ1v) is 8.12. The molecule has 1 fully saturated rings. The summed E-state index contributed by atoms with van der Waals surface area (Å²) in [6, 6.07) is 19.6. The van der Waals surface area contributed by atoms with Crippen LogP contribution in [-0.2, 0) is 5.41 Å². The van der Waals surface area contributed by atoms with Crippen LogP contribution in [0.4, 0.5) is 0 Å². The highest BCUT2D eigenvalue weighted by Gasteiger charge is 2.47. The van der Waals surface area contributed by atoms with Gasteiger partial charge in [0.15, 0.2) is 10.9 Å². The van der Waals surface area contributed by atoms with Gasteiger partial charge >= 0.3 is 0 Å². The van der Waals surface area contributed by atoms with Crippen LogP contribution in [0.25, 0.3) is 0 Å². The summed E-state index contributed by atoms with van der Waals surface area (Å²) in [6.45, 7) is 0. The molecule has 5 heteroatoms. The van der Waals surface area contributed by atoms with Crippen LogP contribution in [-0.4, -0.2) is 15.3 Å². The number of benzene rings is 2. The smallest absolute Gasteiger partial charge is 0.281 e. The minimum Gasteiger partial charge on any atom is -0.503 e. The van der Waals surface area contributed by atoms with Crippen molar-refractivity contribution in [3.63, 3.8) is 0 Å². The molecule has 0 amide bonds. The molecule has 4 nitrogen and oxygen atoms in total. The Bertz CT molecular complexity index is 880. The van der Waals surface area contributed by atoms with Gasteiger partial charge in [0, 0.05) is 17.0 Å². The number of nitrogens with zero attached hydrogens (tertiary/aromatic N) is 2. The molecule has 1 aliphatic rings. The third kappa shape index (κ3) is 2.59. The van der Waals surface area contributed by atoms with Crippen molar-refractivity contribution in [1.82, 2.24) is 10.2 Å². The lowest BCUT2D eigenvalue weighted by Gasteiger charge is -2.20. The minimum atomic E-state index is -0.130. The largest absolute Gasteiger partial charge is 0.503 e. The van der Waals surface area contributed by atoms with E-state index in [4.69, 9.17) is 16.3 Å². The summed E-state index contributed by atoms with van der Waals surface area (Å²) in [5.74, 6) is 0.593. The summed E-state index contributed by atoms with van der Waals surface area (Å²) in [5.41, 5.74) is 2.33. The first kappa shape index (κ1) is 15.0. The van der Waals surface area contributed by atoms with Crippen molar-refractivity contribution in [3.05, 3.63) is 76.9 Å². The van der Waals surface area contributed by atoms with Crippen LogP contribution < -0.4 is 4.74 Å². The first-order chi connectivity index (χ1) is 11.7. The van der Waals surface area contributed by atoms with Gasteiger partial charge in [-0.2, -0.15) is 0 Å². The first-order valence-electron chi connectivity index (χ1n) is 7.74. The Kier molecular flexibility index (Phi) is 3.62. The Morgan fingerprint density at radius 2 is 1.67 bits per heavy atom. The molecule has 120 valence electrons. The number of halogens is 1. The molecule has 1 aliphatic carbocycles. The van der Waals surface area contributed by atoms with Crippen LogP contribution in [0, 0.1) is 0 Å². The van der Waals surface area contributed by atoms with Crippen molar-refractivity contribution >= 4 is 11.6 Å². The minimum absolute atomic E-state index is 0.0344. The van der Waals surface area contributed by atoms with Crippen molar-refractivity contribution in [2.45, 2.75) is 18.3 Å². The molecular formula is C19H15ClN2O2. The van der Waals surface area contributed by atoms with E-state index in [9.17, 15) is 5.11 Å². The fourth-order valence-corrected chi connectivity index (χ4v) is 3.21. The average molecular weight is 339 g/mol. The topological polar surface area (TPSA) is 55.2 Å². The Balaban J connectivity index is 1.74. The number of hydrogen-bond donors (Lipinski definition) is 1. The van der Waals surface area contributed by atoms with Gasteiger partial charge in [-0.25, -0.2) is 0 Å². The van der Waals surface area contributed by atoms with E-state index in [0.717, 1.165) is 18.4 Å². The molecule has 0 atom stereocenters. The van der Waals surface area contributed by atoms with E-state index < -0.39 is 0 Å². The standard InChI is InChI=1S/C19H15ClN2O2/c20-17-12-15(23)18(22-21-17)24-16-9-5-4-8-14(16)19(10-11-19)13-6-2-1-3-7-13/h1-9,12H,10-11H2,(H,21,23). The maximum Gasteiger partial charge on any atom is 0.281 e. The molecule has 1 N–H and O–H groups in total. The molecular weight excluding hydrogens is 324 g/mol. The molecule has 1 heterocycles. The van der Waals surface area contributed by atoms with Gasteiger partial charge in [-0.15, -0.1) is 10.2 Å². The second-order valence-corrected chi connectivity index (χ2v) is 6.29. The number of rotatable bonds is 4. The van der Waals surface area contributed by atoms with E-state index in [0.29, 0.717) is 5.75 Å². The van der Waals surface area contributed by atoms with Gasteiger partial charge in [0.05, 0.1) is 0 Å². The van der Waals surface area contributed by atoms with Gasteiger partial charge in [-0.1, -0.05) is 60.1 Å². The molecule has 1 aromatic heterocycles. The van der Waals surface area contributed by atoms with Crippen molar-refractivity contribution in [2.75, 3.05) is 0 Å². The lowest BCUT2D eigenvalue weighted by Crippen LogP contribution is -2.10. The molecule has 24 heavy (non-hydrogen) atoms. The number of aromatic nitrogens is 2. The van der Waals surface area contributed by atoms with E-state index in [1.807, 2.05) is 24.3 Å². The summed E-state index contributed by atoms with van der Waals surface area (Å²) < 4.78 is 5.86. The summed E-state index contributed by atoms with van der Waals surface area (Å²) in [5, 5.41) is 17.7. The molecule has 0 saturated heterocycles. The maximum atomic E-state index is 9.97. The van der Waals surface area contributed by atoms with E-state index in [1.54, 1.807) is 0 Å². The molecule has 0 unspecified atom stereocenters. The van der Waals surface area contributed by atoms with E-state index >= 15 is 0 Å². The van der Waals surface area contributed by atoms with Crippen LogP contribution >= 0.6 is 11.6 Å². The highest BCUT2D eigenvalue weighted by molar-refractivity contribution is 6.29. The van der Waals surface area contributed by atoms with Crippen LogP contribution in [0.5, 0.6) is 17.4 Å². The second-order valence-electron chi connectivity index (χ2n) is 5.90. The number of hydrogen-bond acceptors (Lipinski definition) is 4. The monoisotopic (exact) mass is 338 g/mol. The molecule has 0 radical (unpaired) electrons. The zero-order valence-electron chi connectivity index (χ0n) is 12.8. The molecule has 0 aliphatic heterocycles. The van der Waals surface area contributed by atoms with E-state index in [1.165, 1.54) is 11.6 Å². The number of ether oxygens (including phenoxy) is 1. The fourth-order valence-electron chi connectivity index (χ4n) is 3.07. The average Bonchev–Trinajstić information content (AvgIpc) is 3.40. The quantitative estimate of drug-likeness (QED) is 0.748. The van der Waals surface area contributed by atoms with Crippen molar-refractivity contribution in [1.29, 1.82) is 0 Å². The van der Waals surface area contributed by atoms with Crippen molar-refractivity contribution in [3.8, 4) is 17.4 Å². The molecule has 3 aromatic rings. The molecule has 0 bridgehead atoms. The molecule has 1 saturated carbocycles. The lowest BCUT2D eigenvalue weighted by molar-refractivity contribution is 0.388. The third-order valence-electron chi connectivity index (χ3n) is 4.40. The Hall–Kier alpha value is -2.59. The van der Waals surface area contributed by atoms with E-state index in [2.05, 4.69) is 40.5 Å². The Morgan fingerprint density at radius 1 is 0.958 bits per heavy atom. The maximum absolute atomic E-state index is 9.97. The predicted molar refractivity (Wildman–Crippen MR) is 91.7 cm³/mol. The lowest BCUT2D eigenvalue weighted by atomic mass is 9.87. The second kappa shape index (κ2) is 5.80. The van der Waals surface area contributed by atoms with Gasteiger partial charge in [0.1, 0.15) is 5.75 Å². The van der Waals surface area contributed by atoms with Gasteiger partial charge < -0.3 is 9.84 Å². The highest BCUT2D eigenvalue weighted by atomic mass is 35.5. The van der Waals surface area contributed by atoms with Gasteiger partial charge in [-0.05, 0) is 24.5 Å². The van der Waals surface area contributed by atoms with Crippen LogP contribution in [0.15, 0.2) is 60.7 Å². The Labute approximate surface area is 144 Å². The summed E-state index contributed by atoms with van der Waals surface area (Å²) in [4.78, 5) is 0. The molecule has 2 aromatic carbocycles. The van der Waals surface area contributed by atoms with Crippen LogP contribution in [0.2, 0.25) is 5.15 Å². The normalized spacial score (nSPS) is 15.0. The Morgan fingerprint density at radius 3 is 2.38 bits per heavy atom. The summed E-state index contributed by atoms with van der Waals surface area (Å²) in [7, 11) is 0. The van der Waals surface area contributed by atoms with Gasteiger partial charge in [0.25, 0.3) is 5.88 Å². The summed E-state index contributed by atoms with van der Waals surface area (Å²) >= 11 is 5.72. The number of para-hydroxylation sites is 1. The van der Waals surface area contributed by atoms with Crippen molar-refractivity contribution < 1.29 is 9.84 Å². The molecule has 0 spiro atoms. The zero-order chi connectivity index (χ0) is 16.6. The number of aromatic hydroxyl groups is 1. The van der Waals surface area contributed by atoms with Gasteiger partial charge in [0.2, 0.25) is 0 Å². The zero-order valence-corrected chi connectivity index (χ0v) is 13.6. The van der Waals surface area contributed by atoms with Crippen molar-refractivity contribution in [2.24, 2.45) is 0 Å². The SMILES string of the molecule is Oc1cc(Cl)nnc1Oc1ccccc1C1(c2ccccc2)CC1. The van der Waals surface area contributed by atoms with Crippen LogP contribution in [0.1, 0.15) is 24.0 Å². The summed E-state index contributed by atoms with van der Waals surface area (Å²) in [6.07, 6.45) is 2.13.